The van der Waals surface area contributed by atoms with Crippen molar-refractivity contribution in [2.75, 3.05) is 13.2 Å². The van der Waals surface area contributed by atoms with Crippen LogP contribution in [0.2, 0.25) is 0 Å². The Morgan fingerprint density at radius 3 is 1.18 bits per heavy atom. The lowest BCUT2D eigenvalue weighted by Crippen LogP contribution is -2.30. The first-order valence-corrected chi connectivity index (χ1v) is 24.2. The molecule has 0 aliphatic heterocycles. The molecule has 60 heavy (non-hydrogen) atoms. The Bertz CT molecular complexity index is 1230. The van der Waals surface area contributed by atoms with Gasteiger partial charge >= 0.3 is 17.9 Å². The van der Waals surface area contributed by atoms with Crippen LogP contribution in [-0.4, -0.2) is 37.2 Å². The van der Waals surface area contributed by atoms with Gasteiger partial charge in [0, 0.05) is 19.3 Å². The van der Waals surface area contributed by atoms with Gasteiger partial charge in [-0.1, -0.05) is 182 Å². The largest absolute Gasteiger partial charge is 0.462 e. The fraction of sp³-hybridized carbons (Fsp3) is 0.648. The summed E-state index contributed by atoms with van der Waals surface area (Å²) >= 11 is 0. The number of ether oxygens (including phenoxy) is 3. The minimum Gasteiger partial charge on any atom is -0.462 e. The predicted molar refractivity (Wildman–Crippen MR) is 256 cm³/mol. The van der Waals surface area contributed by atoms with Crippen LogP contribution in [0.1, 0.15) is 207 Å². The zero-order valence-electron chi connectivity index (χ0n) is 38.7. The van der Waals surface area contributed by atoms with Crippen molar-refractivity contribution in [1.29, 1.82) is 0 Å². The molecule has 0 aliphatic carbocycles. The first-order valence-electron chi connectivity index (χ1n) is 24.2. The van der Waals surface area contributed by atoms with Gasteiger partial charge in [0.1, 0.15) is 13.2 Å². The molecule has 1 unspecified atom stereocenters. The number of hydrogen-bond donors (Lipinski definition) is 0. The van der Waals surface area contributed by atoms with Gasteiger partial charge in [-0.15, -0.1) is 0 Å². The van der Waals surface area contributed by atoms with E-state index in [2.05, 4.69) is 106 Å². The molecule has 0 heterocycles. The average molecular weight is 833 g/mol. The highest BCUT2D eigenvalue weighted by atomic mass is 16.6. The Morgan fingerprint density at radius 1 is 0.350 bits per heavy atom. The van der Waals surface area contributed by atoms with E-state index in [1.165, 1.54) is 51.4 Å². The standard InChI is InChI=1S/C54H88O6/c1-4-7-10-13-16-19-22-24-25-26-27-28-29-31-32-35-38-41-44-47-53(56)59-50-51(49-58-52(55)46-43-40-37-34-21-18-15-12-9-6-3)60-54(57)48-45-42-39-36-33-30-23-20-17-14-11-8-5-2/h7,10,15-16,18-19,24-25,27-28,30-33,38,41,51H,4-6,8-9,11-14,17,20-23,26,29,34-37,39-40,42-50H2,1-3H3/b10-7-,18-15-,19-16-,25-24-,28-27-,32-31-,33-30-,41-38-. The summed E-state index contributed by atoms with van der Waals surface area (Å²) < 4.78 is 16.6. The van der Waals surface area contributed by atoms with Crippen molar-refractivity contribution < 1.29 is 28.6 Å². The Morgan fingerprint density at radius 2 is 0.700 bits per heavy atom. The molecule has 0 saturated carbocycles. The summed E-state index contributed by atoms with van der Waals surface area (Å²) in [5, 5.41) is 0. The van der Waals surface area contributed by atoms with E-state index in [0.29, 0.717) is 12.8 Å². The smallest absolute Gasteiger partial charge is 0.306 e. The quantitative estimate of drug-likeness (QED) is 0.0264. The van der Waals surface area contributed by atoms with Crippen molar-refractivity contribution in [3.05, 3.63) is 97.2 Å². The summed E-state index contributed by atoms with van der Waals surface area (Å²) in [6, 6.07) is 0. The summed E-state index contributed by atoms with van der Waals surface area (Å²) in [7, 11) is 0. The van der Waals surface area contributed by atoms with Crippen LogP contribution in [0.4, 0.5) is 0 Å². The molecule has 0 spiro atoms. The number of carbonyl (C=O) groups is 3. The Labute approximate surface area is 368 Å². The molecule has 0 aromatic heterocycles. The zero-order chi connectivity index (χ0) is 43.7. The highest BCUT2D eigenvalue weighted by molar-refractivity contribution is 5.71. The second kappa shape index (κ2) is 48.0. The van der Waals surface area contributed by atoms with E-state index >= 15 is 0 Å². The second-order valence-electron chi connectivity index (χ2n) is 15.6. The summed E-state index contributed by atoms with van der Waals surface area (Å²) in [6.07, 6.45) is 62.6. The van der Waals surface area contributed by atoms with E-state index in [4.69, 9.17) is 14.2 Å². The molecule has 340 valence electrons. The normalized spacial score (nSPS) is 12.9. The first-order chi connectivity index (χ1) is 29.5. The number of rotatable bonds is 42. The highest BCUT2D eigenvalue weighted by Crippen LogP contribution is 2.12. The minimum absolute atomic E-state index is 0.114. The van der Waals surface area contributed by atoms with Crippen LogP contribution in [0.15, 0.2) is 97.2 Å². The lowest BCUT2D eigenvalue weighted by atomic mass is 10.1. The van der Waals surface area contributed by atoms with E-state index in [9.17, 15) is 14.4 Å². The van der Waals surface area contributed by atoms with Crippen LogP contribution in [-0.2, 0) is 28.6 Å². The van der Waals surface area contributed by atoms with Crippen LogP contribution in [0.25, 0.3) is 0 Å². The first kappa shape index (κ1) is 56.3. The van der Waals surface area contributed by atoms with Gasteiger partial charge < -0.3 is 14.2 Å². The van der Waals surface area contributed by atoms with Gasteiger partial charge in [0.05, 0.1) is 0 Å². The maximum absolute atomic E-state index is 12.7. The molecule has 0 amide bonds. The van der Waals surface area contributed by atoms with Crippen LogP contribution in [0.3, 0.4) is 0 Å². The van der Waals surface area contributed by atoms with Crippen molar-refractivity contribution in [2.45, 2.75) is 213 Å². The Hall–Kier alpha value is -3.67. The number of allylic oxidation sites excluding steroid dienone is 16. The van der Waals surface area contributed by atoms with Crippen molar-refractivity contribution in [3.63, 3.8) is 0 Å². The van der Waals surface area contributed by atoms with Gasteiger partial charge in [-0.2, -0.15) is 0 Å². The molecule has 0 radical (unpaired) electrons. The van der Waals surface area contributed by atoms with Gasteiger partial charge in [0.25, 0.3) is 0 Å². The van der Waals surface area contributed by atoms with E-state index in [1.54, 1.807) is 0 Å². The zero-order valence-corrected chi connectivity index (χ0v) is 38.7. The van der Waals surface area contributed by atoms with E-state index < -0.39 is 6.10 Å². The molecule has 0 bridgehead atoms. The van der Waals surface area contributed by atoms with Gasteiger partial charge in [0.2, 0.25) is 0 Å². The minimum atomic E-state index is -0.819. The molecule has 0 aromatic carbocycles. The maximum Gasteiger partial charge on any atom is 0.306 e. The molecule has 6 nitrogen and oxygen atoms in total. The molecule has 0 fully saturated rings. The lowest BCUT2D eigenvalue weighted by Gasteiger charge is -2.18. The number of unbranched alkanes of at least 4 members (excludes halogenated alkanes) is 15. The summed E-state index contributed by atoms with van der Waals surface area (Å²) in [5.74, 6) is -1.04. The van der Waals surface area contributed by atoms with E-state index in [1.807, 2.05) is 12.2 Å². The SMILES string of the molecule is CC/C=C\C/C=C\C/C=C\C/C=C\C/C=C\C/C=C\CCC(=O)OCC(COC(=O)CCCCCC/C=C\CCCC)OC(=O)CCCCC/C=C\CCCCCCCC. The van der Waals surface area contributed by atoms with Crippen LogP contribution >= 0.6 is 0 Å². The second-order valence-corrected chi connectivity index (χ2v) is 15.6. The number of esters is 3. The van der Waals surface area contributed by atoms with E-state index in [-0.39, 0.29) is 44.0 Å². The van der Waals surface area contributed by atoms with Gasteiger partial charge in [0.15, 0.2) is 6.10 Å². The molecule has 0 rings (SSSR count). The van der Waals surface area contributed by atoms with Crippen LogP contribution < -0.4 is 0 Å². The average Bonchev–Trinajstić information content (AvgIpc) is 3.24. The molecule has 1 atom stereocenters. The summed E-state index contributed by atoms with van der Waals surface area (Å²) in [5.41, 5.74) is 0. The van der Waals surface area contributed by atoms with Gasteiger partial charge in [-0.05, 0) is 103 Å². The number of carbonyl (C=O) groups excluding carboxylic acids is 3. The topological polar surface area (TPSA) is 78.9 Å². The van der Waals surface area contributed by atoms with Crippen LogP contribution in [0.5, 0.6) is 0 Å². The predicted octanol–water partition coefficient (Wildman–Crippen LogP) is 15.8. The fourth-order valence-corrected chi connectivity index (χ4v) is 6.15. The third-order valence-corrected chi connectivity index (χ3v) is 9.81. The Balaban J connectivity index is 4.52. The number of hydrogen-bond acceptors (Lipinski definition) is 6. The highest BCUT2D eigenvalue weighted by Gasteiger charge is 2.19. The summed E-state index contributed by atoms with van der Waals surface area (Å²) in [4.78, 5) is 37.8. The van der Waals surface area contributed by atoms with Crippen molar-refractivity contribution in [2.24, 2.45) is 0 Å². The third-order valence-electron chi connectivity index (χ3n) is 9.81. The molecule has 0 saturated heterocycles. The lowest BCUT2D eigenvalue weighted by molar-refractivity contribution is -0.166. The molecule has 0 aliphatic rings. The molecule has 0 N–H and O–H groups in total. The van der Waals surface area contributed by atoms with Crippen LogP contribution in [0, 0.1) is 0 Å². The van der Waals surface area contributed by atoms with Crippen molar-refractivity contribution >= 4 is 17.9 Å². The van der Waals surface area contributed by atoms with Crippen molar-refractivity contribution in [1.82, 2.24) is 0 Å². The van der Waals surface area contributed by atoms with E-state index in [0.717, 1.165) is 109 Å². The molecular weight excluding hydrogens is 745 g/mol. The molecular formula is C54H88O6. The Kier molecular flexibility index (Phi) is 45.1. The monoisotopic (exact) mass is 833 g/mol. The molecule has 6 heteroatoms. The van der Waals surface area contributed by atoms with Gasteiger partial charge in [-0.25, -0.2) is 0 Å². The van der Waals surface area contributed by atoms with Gasteiger partial charge in [-0.3, -0.25) is 14.4 Å². The third kappa shape index (κ3) is 45.4. The molecule has 0 aromatic rings. The fourth-order valence-electron chi connectivity index (χ4n) is 6.15. The van der Waals surface area contributed by atoms with Crippen molar-refractivity contribution in [3.8, 4) is 0 Å². The maximum atomic E-state index is 12.7. The summed E-state index contributed by atoms with van der Waals surface area (Å²) in [6.45, 7) is 6.36.